The highest BCUT2D eigenvalue weighted by Gasteiger charge is 2.19. The Balaban J connectivity index is 1.44. The van der Waals surface area contributed by atoms with Crippen LogP contribution in [0.4, 0.5) is 0 Å². The number of pyridine rings is 1. The molecule has 0 saturated heterocycles. The molecule has 3 unspecified atom stereocenters. The Morgan fingerprint density at radius 2 is 2.00 bits per heavy atom. The maximum absolute atomic E-state index is 11.3. The summed E-state index contributed by atoms with van der Waals surface area (Å²) in [5.41, 5.74) is 1.69. The van der Waals surface area contributed by atoms with Crippen molar-refractivity contribution in [1.29, 1.82) is 0 Å². The van der Waals surface area contributed by atoms with Crippen molar-refractivity contribution in [2.45, 2.75) is 18.3 Å². The molecule has 3 N–H and O–H groups in total. The summed E-state index contributed by atoms with van der Waals surface area (Å²) in [5, 5.41) is 14.2. The molecule has 1 aliphatic rings. The number of benzene rings is 1. The summed E-state index contributed by atoms with van der Waals surface area (Å²) in [6.07, 6.45) is 5.15. The van der Waals surface area contributed by atoms with Crippen molar-refractivity contribution in [3.63, 3.8) is 0 Å². The normalized spacial score (nSPS) is 20.2. The average molecular weight is 386 g/mol. The van der Waals surface area contributed by atoms with Gasteiger partial charge in [-0.05, 0) is 35.9 Å². The van der Waals surface area contributed by atoms with Gasteiger partial charge in [-0.3, -0.25) is 4.79 Å². The maximum atomic E-state index is 11.3. The summed E-state index contributed by atoms with van der Waals surface area (Å²) < 4.78 is 16.4. The minimum absolute atomic E-state index is 0.0764. The fraction of sp³-hybridized carbons (Fsp3) is 0.381. The summed E-state index contributed by atoms with van der Waals surface area (Å²) >= 11 is 0. The van der Waals surface area contributed by atoms with Crippen LogP contribution in [0.25, 0.3) is 10.9 Å². The summed E-state index contributed by atoms with van der Waals surface area (Å²) in [6, 6.07) is 8.61. The second kappa shape index (κ2) is 9.66. The Morgan fingerprint density at radius 3 is 2.79 bits per heavy atom. The highest BCUT2D eigenvalue weighted by Crippen LogP contribution is 2.18. The smallest absolute Gasteiger partial charge is 0.248 e. The molecule has 150 valence electrons. The van der Waals surface area contributed by atoms with Crippen molar-refractivity contribution in [3.05, 3.63) is 64.5 Å². The minimum Gasteiger partial charge on any atom is -0.491 e. The van der Waals surface area contributed by atoms with Gasteiger partial charge in [0.25, 0.3) is 0 Å². The standard InChI is InChI=1S/C21H26N2O5/c1-26-19-7-3-14(9-20(19)27-2)11-22-12-16(24)13-28-17-5-6-18-15(10-17)4-8-21(25)23-18/h3-10,16,19-20,22,24H,11-13H2,1-2H3,(H,23,25). The minimum atomic E-state index is -0.649. The quantitative estimate of drug-likeness (QED) is 0.603. The first-order chi connectivity index (χ1) is 13.6. The van der Waals surface area contributed by atoms with Crippen LogP contribution in [0.15, 0.2) is 58.9 Å². The zero-order valence-corrected chi connectivity index (χ0v) is 16.1. The number of aromatic nitrogens is 1. The number of H-pyrrole nitrogens is 1. The number of nitrogens with one attached hydrogen (secondary N) is 2. The van der Waals surface area contributed by atoms with Crippen molar-refractivity contribution >= 4 is 10.9 Å². The van der Waals surface area contributed by atoms with E-state index in [1.807, 2.05) is 24.3 Å². The van der Waals surface area contributed by atoms with Crippen molar-refractivity contribution in [1.82, 2.24) is 10.3 Å². The van der Waals surface area contributed by atoms with Crippen molar-refractivity contribution in [2.24, 2.45) is 0 Å². The topological polar surface area (TPSA) is 92.8 Å². The molecule has 1 aromatic carbocycles. The molecule has 7 nitrogen and oxygen atoms in total. The zero-order valence-electron chi connectivity index (χ0n) is 16.1. The van der Waals surface area contributed by atoms with Crippen LogP contribution < -0.4 is 15.6 Å². The lowest BCUT2D eigenvalue weighted by atomic mass is 10.0. The van der Waals surface area contributed by atoms with Gasteiger partial charge in [-0.2, -0.15) is 0 Å². The number of aliphatic hydroxyl groups excluding tert-OH is 1. The van der Waals surface area contributed by atoms with E-state index < -0.39 is 6.10 Å². The second-order valence-electron chi connectivity index (χ2n) is 6.67. The number of ether oxygens (including phenoxy) is 3. The van der Waals surface area contributed by atoms with Gasteiger partial charge in [0.05, 0.1) is 0 Å². The Morgan fingerprint density at radius 1 is 1.18 bits per heavy atom. The molecule has 0 radical (unpaired) electrons. The summed E-state index contributed by atoms with van der Waals surface area (Å²) in [5.74, 6) is 0.644. The molecule has 1 aliphatic carbocycles. The summed E-state index contributed by atoms with van der Waals surface area (Å²) in [6.45, 7) is 1.19. The van der Waals surface area contributed by atoms with E-state index in [1.165, 1.54) is 6.07 Å². The van der Waals surface area contributed by atoms with Crippen LogP contribution in [0, 0.1) is 0 Å². The molecule has 1 heterocycles. The Labute approximate surface area is 163 Å². The van der Waals surface area contributed by atoms with E-state index in [0.29, 0.717) is 18.8 Å². The number of methoxy groups -OCH3 is 2. The first-order valence-electron chi connectivity index (χ1n) is 9.18. The lowest BCUT2D eigenvalue weighted by molar-refractivity contribution is 0.0133. The van der Waals surface area contributed by atoms with Crippen molar-refractivity contribution < 1.29 is 19.3 Å². The lowest BCUT2D eigenvalue weighted by Gasteiger charge is -2.24. The Kier molecular flexibility index (Phi) is 7.00. The highest BCUT2D eigenvalue weighted by atomic mass is 16.5. The van der Waals surface area contributed by atoms with E-state index in [9.17, 15) is 9.90 Å². The third kappa shape index (κ3) is 5.30. The SMILES string of the molecule is COC1C=CC(CNCC(O)COc2ccc3[nH]c(=O)ccc3c2)=CC1OC. The third-order valence-corrected chi connectivity index (χ3v) is 4.59. The van der Waals surface area contributed by atoms with Gasteiger partial charge in [-0.15, -0.1) is 0 Å². The molecule has 0 saturated carbocycles. The van der Waals surface area contributed by atoms with Gasteiger partial charge >= 0.3 is 0 Å². The Hall–Kier alpha value is -2.45. The van der Waals surface area contributed by atoms with Crippen LogP contribution >= 0.6 is 0 Å². The van der Waals surface area contributed by atoms with Gasteiger partial charge < -0.3 is 29.6 Å². The van der Waals surface area contributed by atoms with Gasteiger partial charge in [-0.25, -0.2) is 0 Å². The largest absolute Gasteiger partial charge is 0.491 e. The molecule has 0 bridgehead atoms. The van der Waals surface area contributed by atoms with Crippen LogP contribution in [0.2, 0.25) is 0 Å². The molecule has 7 heteroatoms. The molecular weight excluding hydrogens is 360 g/mol. The predicted molar refractivity (Wildman–Crippen MR) is 108 cm³/mol. The number of aliphatic hydroxyl groups is 1. The number of aromatic amines is 1. The number of hydrogen-bond donors (Lipinski definition) is 3. The number of fused-ring (bicyclic) bond motifs is 1. The van der Waals surface area contributed by atoms with E-state index in [0.717, 1.165) is 16.5 Å². The first kappa shape index (κ1) is 20.3. The van der Waals surface area contributed by atoms with Gasteiger partial charge in [-0.1, -0.05) is 12.2 Å². The lowest BCUT2D eigenvalue weighted by Crippen LogP contribution is -2.34. The molecule has 3 atom stereocenters. The van der Waals surface area contributed by atoms with E-state index >= 15 is 0 Å². The van der Waals surface area contributed by atoms with Gasteiger partial charge in [0, 0.05) is 44.3 Å². The first-order valence-corrected chi connectivity index (χ1v) is 9.18. The molecule has 0 spiro atoms. The molecular formula is C21H26N2O5. The van der Waals surface area contributed by atoms with Crippen LogP contribution in [-0.4, -0.2) is 62.3 Å². The summed E-state index contributed by atoms with van der Waals surface area (Å²) in [4.78, 5) is 14.1. The molecule has 2 aromatic rings. The van der Waals surface area contributed by atoms with E-state index in [1.54, 1.807) is 32.4 Å². The van der Waals surface area contributed by atoms with Crippen LogP contribution in [0.1, 0.15) is 0 Å². The molecule has 28 heavy (non-hydrogen) atoms. The molecule has 0 amide bonds. The van der Waals surface area contributed by atoms with Gasteiger partial charge in [0.2, 0.25) is 5.56 Å². The second-order valence-corrected chi connectivity index (χ2v) is 6.67. The van der Waals surface area contributed by atoms with Crippen LogP contribution in [-0.2, 0) is 9.47 Å². The fourth-order valence-electron chi connectivity index (χ4n) is 3.08. The zero-order chi connectivity index (χ0) is 19.9. The van der Waals surface area contributed by atoms with Gasteiger partial charge in [0.15, 0.2) is 0 Å². The molecule has 0 aliphatic heterocycles. The molecule has 1 aromatic heterocycles. The highest BCUT2D eigenvalue weighted by molar-refractivity contribution is 5.79. The third-order valence-electron chi connectivity index (χ3n) is 4.59. The average Bonchev–Trinajstić information content (AvgIpc) is 2.72. The maximum Gasteiger partial charge on any atom is 0.248 e. The van der Waals surface area contributed by atoms with E-state index in [4.69, 9.17) is 14.2 Å². The Bertz CT molecular complexity index is 905. The molecule has 0 fully saturated rings. The van der Waals surface area contributed by atoms with Crippen molar-refractivity contribution in [2.75, 3.05) is 33.9 Å². The van der Waals surface area contributed by atoms with Gasteiger partial charge in [0.1, 0.15) is 30.7 Å². The van der Waals surface area contributed by atoms with Crippen molar-refractivity contribution in [3.8, 4) is 5.75 Å². The van der Waals surface area contributed by atoms with E-state index in [-0.39, 0.29) is 24.4 Å². The number of hydrogen-bond acceptors (Lipinski definition) is 6. The fourth-order valence-corrected chi connectivity index (χ4v) is 3.08. The van der Waals surface area contributed by atoms with E-state index in [2.05, 4.69) is 10.3 Å². The monoisotopic (exact) mass is 386 g/mol. The molecule has 3 rings (SSSR count). The predicted octanol–water partition coefficient (Wildman–Crippen LogP) is 1.38. The van der Waals surface area contributed by atoms with Crippen LogP contribution in [0.3, 0.4) is 0 Å². The summed E-state index contributed by atoms with van der Waals surface area (Å²) in [7, 11) is 3.31. The van der Waals surface area contributed by atoms with Crippen LogP contribution in [0.5, 0.6) is 5.75 Å². The number of rotatable bonds is 9.